The van der Waals surface area contributed by atoms with Crippen LogP contribution in [-0.2, 0) is 0 Å². The summed E-state index contributed by atoms with van der Waals surface area (Å²) in [7, 11) is 2.18. The summed E-state index contributed by atoms with van der Waals surface area (Å²) in [5.41, 5.74) is -0.346. The third-order valence-corrected chi connectivity index (χ3v) is 3.56. The lowest BCUT2D eigenvalue weighted by Gasteiger charge is -2.33. The molecule has 1 aliphatic rings. The molecular weight excluding hydrogens is 212 g/mol. The van der Waals surface area contributed by atoms with Crippen LogP contribution in [0.3, 0.4) is 0 Å². The van der Waals surface area contributed by atoms with Crippen molar-refractivity contribution in [2.45, 2.75) is 32.2 Å². The minimum atomic E-state index is -0.346. The van der Waals surface area contributed by atoms with Crippen molar-refractivity contribution in [1.82, 2.24) is 15.1 Å². The zero-order valence-electron chi connectivity index (χ0n) is 11.5. The summed E-state index contributed by atoms with van der Waals surface area (Å²) in [5.74, 6) is 0. The van der Waals surface area contributed by atoms with Crippen LogP contribution in [0, 0.1) is 11.3 Å². The van der Waals surface area contributed by atoms with Crippen molar-refractivity contribution in [3.63, 3.8) is 0 Å². The fraction of sp³-hybridized carbons (Fsp3) is 0.923. The number of likely N-dealkylation sites (N-methyl/N-ethyl adjacent to an activating group) is 1. The molecule has 0 aliphatic carbocycles. The van der Waals surface area contributed by atoms with Crippen LogP contribution < -0.4 is 5.32 Å². The second kappa shape index (κ2) is 6.95. The second-order valence-corrected chi connectivity index (χ2v) is 5.22. The zero-order valence-corrected chi connectivity index (χ0v) is 11.5. The fourth-order valence-electron chi connectivity index (χ4n) is 2.30. The van der Waals surface area contributed by atoms with E-state index >= 15 is 0 Å². The molecule has 4 heteroatoms. The fourth-order valence-corrected chi connectivity index (χ4v) is 2.30. The topological polar surface area (TPSA) is 42.3 Å². The van der Waals surface area contributed by atoms with Gasteiger partial charge >= 0.3 is 0 Å². The van der Waals surface area contributed by atoms with Crippen molar-refractivity contribution >= 4 is 0 Å². The Morgan fingerprint density at radius 3 is 2.47 bits per heavy atom. The first-order chi connectivity index (χ1) is 8.09. The summed E-state index contributed by atoms with van der Waals surface area (Å²) in [6.45, 7) is 10.7. The highest BCUT2D eigenvalue weighted by Crippen LogP contribution is 2.12. The van der Waals surface area contributed by atoms with Crippen molar-refractivity contribution < 1.29 is 0 Å². The van der Waals surface area contributed by atoms with Gasteiger partial charge < -0.3 is 9.80 Å². The van der Waals surface area contributed by atoms with Gasteiger partial charge in [-0.05, 0) is 39.9 Å². The summed E-state index contributed by atoms with van der Waals surface area (Å²) < 4.78 is 0. The van der Waals surface area contributed by atoms with E-state index in [1.165, 1.54) is 26.2 Å². The first-order valence-corrected chi connectivity index (χ1v) is 6.67. The molecule has 1 unspecified atom stereocenters. The molecule has 1 N–H and O–H groups in total. The molecule has 0 amide bonds. The molecule has 0 aromatic rings. The molecule has 0 bridgehead atoms. The molecule has 17 heavy (non-hydrogen) atoms. The van der Waals surface area contributed by atoms with E-state index in [0.717, 1.165) is 25.9 Å². The van der Waals surface area contributed by atoms with Crippen LogP contribution in [-0.4, -0.2) is 61.7 Å². The lowest BCUT2D eigenvalue weighted by Crippen LogP contribution is -2.45. The van der Waals surface area contributed by atoms with Gasteiger partial charge in [0.1, 0.15) is 5.54 Å². The average Bonchev–Trinajstić information content (AvgIpc) is 2.32. The van der Waals surface area contributed by atoms with Gasteiger partial charge in [-0.1, -0.05) is 6.92 Å². The van der Waals surface area contributed by atoms with Crippen LogP contribution in [0.25, 0.3) is 0 Å². The Bertz CT molecular complexity index is 253. The molecule has 0 radical (unpaired) electrons. The van der Waals surface area contributed by atoms with Gasteiger partial charge in [-0.2, -0.15) is 5.26 Å². The maximum Gasteiger partial charge on any atom is 0.103 e. The van der Waals surface area contributed by atoms with Crippen molar-refractivity contribution in [3.05, 3.63) is 0 Å². The molecule has 0 saturated carbocycles. The van der Waals surface area contributed by atoms with Gasteiger partial charge in [0.2, 0.25) is 0 Å². The highest BCUT2D eigenvalue weighted by Gasteiger charge is 2.22. The first-order valence-electron chi connectivity index (χ1n) is 6.67. The molecule has 1 heterocycles. The summed E-state index contributed by atoms with van der Waals surface area (Å²) >= 11 is 0. The lowest BCUT2D eigenvalue weighted by atomic mass is 9.97. The summed E-state index contributed by atoms with van der Waals surface area (Å²) in [4.78, 5) is 4.87. The highest BCUT2D eigenvalue weighted by atomic mass is 15.2. The van der Waals surface area contributed by atoms with Crippen molar-refractivity contribution in [2.24, 2.45) is 0 Å². The Morgan fingerprint density at radius 1 is 1.29 bits per heavy atom. The maximum atomic E-state index is 9.16. The zero-order chi connectivity index (χ0) is 12.7. The Kier molecular flexibility index (Phi) is 5.90. The number of hydrogen-bond donors (Lipinski definition) is 1. The minimum Gasteiger partial charge on any atom is -0.304 e. The average molecular weight is 238 g/mol. The van der Waals surface area contributed by atoms with E-state index in [-0.39, 0.29) is 5.54 Å². The van der Waals surface area contributed by atoms with Crippen LogP contribution in [0.15, 0.2) is 0 Å². The van der Waals surface area contributed by atoms with Crippen LogP contribution in [0.4, 0.5) is 0 Å². The number of rotatable bonds is 6. The van der Waals surface area contributed by atoms with Crippen LogP contribution in [0.2, 0.25) is 0 Å². The third-order valence-electron chi connectivity index (χ3n) is 3.56. The highest BCUT2D eigenvalue weighted by molar-refractivity contribution is 5.03. The summed E-state index contributed by atoms with van der Waals surface area (Å²) in [6.07, 6.45) is 2.03. The Hall–Kier alpha value is -0.630. The maximum absolute atomic E-state index is 9.16. The third kappa shape index (κ3) is 5.03. The van der Waals surface area contributed by atoms with Gasteiger partial charge in [-0.25, -0.2) is 0 Å². The van der Waals surface area contributed by atoms with E-state index in [1.807, 2.05) is 6.92 Å². The molecule has 1 saturated heterocycles. The van der Waals surface area contributed by atoms with Crippen LogP contribution >= 0.6 is 0 Å². The molecule has 1 fully saturated rings. The normalized spacial score (nSPS) is 22.0. The SMILES string of the molecule is CCNC(C)(C#N)CCCN1CCN(C)CC1. The predicted octanol–water partition coefficient (Wildman–Crippen LogP) is 0.906. The number of piperazine rings is 1. The first kappa shape index (κ1) is 14.4. The van der Waals surface area contributed by atoms with E-state index in [4.69, 9.17) is 5.26 Å². The minimum absolute atomic E-state index is 0.346. The predicted molar refractivity (Wildman–Crippen MR) is 70.9 cm³/mol. The van der Waals surface area contributed by atoms with E-state index in [9.17, 15) is 0 Å². The van der Waals surface area contributed by atoms with Gasteiger partial charge in [0.15, 0.2) is 0 Å². The summed E-state index contributed by atoms with van der Waals surface area (Å²) in [5, 5.41) is 12.4. The van der Waals surface area contributed by atoms with Crippen LogP contribution in [0.1, 0.15) is 26.7 Å². The number of nitriles is 1. The molecule has 0 aromatic heterocycles. The molecule has 4 nitrogen and oxygen atoms in total. The Balaban J connectivity index is 2.21. The summed E-state index contributed by atoms with van der Waals surface area (Å²) in [6, 6.07) is 2.39. The van der Waals surface area contributed by atoms with Gasteiger partial charge in [0.05, 0.1) is 6.07 Å². The second-order valence-electron chi connectivity index (χ2n) is 5.22. The molecule has 1 atom stereocenters. The number of hydrogen-bond acceptors (Lipinski definition) is 4. The Morgan fingerprint density at radius 2 is 1.94 bits per heavy atom. The smallest absolute Gasteiger partial charge is 0.103 e. The molecule has 1 rings (SSSR count). The number of nitrogens with zero attached hydrogens (tertiary/aromatic N) is 3. The van der Waals surface area contributed by atoms with E-state index in [0.29, 0.717) is 0 Å². The monoisotopic (exact) mass is 238 g/mol. The molecule has 0 spiro atoms. The molecule has 98 valence electrons. The lowest BCUT2D eigenvalue weighted by molar-refractivity contribution is 0.150. The largest absolute Gasteiger partial charge is 0.304 e. The van der Waals surface area contributed by atoms with Crippen molar-refractivity contribution in [2.75, 3.05) is 46.3 Å². The van der Waals surface area contributed by atoms with E-state index in [2.05, 4.69) is 35.2 Å². The van der Waals surface area contributed by atoms with Gasteiger partial charge in [0.25, 0.3) is 0 Å². The standard InChI is InChI=1S/C13H26N4/c1-4-15-13(2,12-14)6-5-7-17-10-8-16(3)9-11-17/h15H,4-11H2,1-3H3. The molecule has 1 aliphatic heterocycles. The van der Waals surface area contributed by atoms with Gasteiger partial charge in [-0.3, -0.25) is 5.32 Å². The van der Waals surface area contributed by atoms with Gasteiger partial charge in [-0.15, -0.1) is 0 Å². The number of nitrogens with one attached hydrogen (secondary N) is 1. The van der Waals surface area contributed by atoms with Crippen molar-refractivity contribution in [1.29, 1.82) is 5.26 Å². The van der Waals surface area contributed by atoms with Crippen LogP contribution in [0.5, 0.6) is 0 Å². The van der Waals surface area contributed by atoms with Gasteiger partial charge in [0, 0.05) is 26.2 Å². The Labute approximate surface area is 106 Å². The van der Waals surface area contributed by atoms with E-state index < -0.39 is 0 Å². The molecular formula is C13H26N4. The van der Waals surface area contributed by atoms with Crippen molar-refractivity contribution in [3.8, 4) is 6.07 Å². The molecule has 0 aromatic carbocycles. The quantitative estimate of drug-likeness (QED) is 0.747. The van der Waals surface area contributed by atoms with E-state index in [1.54, 1.807) is 0 Å².